The third-order valence-corrected chi connectivity index (χ3v) is 13.2. The van der Waals surface area contributed by atoms with Crippen LogP contribution in [-0.2, 0) is 9.53 Å². The van der Waals surface area contributed by atoms with Crippen molar-refractivity contribution in [2.75, 3.05) is 6.61 Å². The van der Waals surface area contributed by atoms with Gasteiger partial charge in [-0.1, -0.05) is 0 Å². The maximum atomic E-state index is 12.6. The average molecular weight is 473 g/mol. The summed E-state index contributed by atoms with van der Waals surface area (Å²) in [7, 11) is 0. The van der Waals surface area contributed by atoms with Gasteiger partial charge in [0.05, 0.1) is 0 Å². The van der Waals surface area contributed by atoms with E-state index in [1.165, 1.54) is 13.1 Å². The maximum absolute atomic E-state index is 12.6. The van der Waals surface area contributed by atoms with Crippen molar-refractivity contribution in [3.8, 4) is 0 Å². The number of carbonyl (C=O) groups is 1. The number of ether oxygens (including phenoxy) is 1. The molecule has 0 N–H and O–H groups in total. The van der Waals surface area contributed by atoms with Crippen LogP contribution in [0.15, 0.2) is 91.0 Å². The molecule has 0 saturated heterocycles. The molecule has 0 heterocycles. The SMILES string of the molecule is CCOC(=O)C[As+](c1ccccc1)(c1ccccc1)c1ccccc1.[Br-]. The van der Waals surface area contributed by atoms with Crippen molar-refractivity contribution in [3.05, 3.63) is 91.0 Å². The molecule has 0 radical (unpaired) electrons. The predicted molar refractivity (Wildman–Crippen MR) is 105 cm³/mol. The Labute approximate surface area is 168 Å². The van der Waals surface area contributed by atoms with Gasteiger partial charge in [-0.05, 0) is 0 Å². The molecule has 0 aliphatic carbocycles. The van der Waals surface area contributed by atoms with Crippen molar-refractivity contribution in [1.82, 2.24) is 0 Å². The van der Waals surface area contributed by atoms with E-state index in [9.17, 15) is 4.79 Å². The first-order chi connectivity index (χ1) is 12.3. The van der Waals surface area contributed by atoms with Crippen LogP contribution in [0.5, 0.6) is 0 Å². The number of halogens is 1. The second-order valence-electron chi connectivity index (χ2n) is 5.78. The van der Waals surface area contributed by atoms with E-state index in [4.69, 9.17) is 4.74 Å². The minimum Gasteiger partial charge on any atom is -1.00 e. The molecule has 3 aromatic carbocycles. The van der Waals surface area contributed by atoms with Crippen LogP contribution in [-0.4, -0.2) is 26.1 Å². The standard InChI is InChI=1S/C22H22AsO2.BrH/c1-2-25-22(24)18-23(19-12-6-3-7-13-19,20-14-8-4-9-15-20)21-16-10-5-11-17-21;/h3-17H,2,18H2,1H3;1H/q+1;/p-1. The van der Waals surface area contributed by atoms with Gasteiger partial charge in [0, 0.05) is 0 Å². The van der Waals surface area contributed by atoms with Crippen molar-refractivity contribution in [3.63, 3.8) is 0 Å². The Hall–Kier alpha value is -1.83. The molecule has 0 aliphatic heterocycles. The molecule has 3 rings (SSSR count). The molecule has 26 heavy (non-hydrogen) atoms. The van der Waals surface area contributed by atoms with Crippen LogP contribution in [0, 0.1) is 0 Å². The van der Waals surface area contributed by atoms with E-state index in [2.05, 4.69) is 72.8 Å². The van der Waals surface area contributed by atoms with Crippen molar-refractivity contribution in [2.24, 2.45) is 0 Å². The molecule has 0 aliphatic rings. The monoisotopic (exact) mass is 472 g/mol. The Balaban J connectivity index is 0.00000243. The molecule has 0 aromatic heterocycles. The average Bonchev–Trinajstić information content (AvgIpc) is 2.68. The zero-order valence-electron chi connectivity index (χ0n) is 14.7. The Morgan fingerprint density at radius 3 is 1.38 bits per heavy atom. The molecule has 0 fully saturated rings. The minimum atomic E-state index is -2.96. The summed E-state index contributed by atoms with van der Waals surface area (Å²) in [5.41, 5.74) is 0. The molecule has 0 unspecified atom stereocenters. The van der Waals surface area contributed by atoms with E-state index in [-0.39, 0.29) is 23.0 Å². The summed E-state index contributed by atoms with van der Waals surface area (Å²) in [5.74, 6) is -0.119. The second kappa shape index (κ2) is 9.75. The predicted octanol–water partition coefficient (Wildman–Crippen LogP) is -0.276. The van der Waals surface area contributed by atoms with Gasteiger partial charge in [0.15, 0.2) is 0 Å². The van der Waals surface area contributed by atoms with Crippen molar-refractivity contribution < 1.29 is 26.5 Å². The second-order valence-corrected chi connectivity index (χ2v) is 13.1. The number of carbonyl (C=O) groups excluding carboxylic acids is 1. The van der Waals surface area contributed by atoms with Gasteiger partial charge >= 0.3 is 152 Å². The van der Waals surface area contributed by atoms with Gasteiger partial charge in [-0.2, -0.15) is 0 Å². The molecule has 0 bridgehead atoms. The fraction of sp³-hybridized carbons (Fsp3) is 0.136. The van der Waals surface area contributed by atoms with Gasteiger partial charge < -0.3 is 17.0 Å². The van der Waals surface area contributed by atoms with Gasteiger partial charge in [-0.15, -0.1) is 0 Å². The molecule has 134 valence electrons. The van der Waals surface area contributed by atoms with Crippen LogP contribution < -0.4 is 30.0 Å². The molecule has 2 nitrogen and oxygen atoms in total. The maximum Gasteiger partial charge on any atom is -1.00 e. The van der Waals surface area contributed by atoms with Gasteiger partial charge in [-0.25, -0.2) is 0 Å². The Bertz CT molecular complexity index is 711. The van der Waals surface area contributed by atoms with Crippen LogP contribution >= 0.6 is 0 Å². The first kappa shape index (κ1) is 20.5. The number of esters is 1. The summed E-state index contributed by atoms with van der Waals surface area (Å²) >= 11 is -2.96. The van der Waals surface area contributed by atoms with E-state index in [0.29, 0.717) is 11.8 Å². The summed E-state index contributed by atoms with van der Waals surface area (Å²) in [5, 5.41) is 0.435. The Morgan fingerprint density at radius 1 is 0.731 bits per heavy atom. The van der Waals surface area contributed by atoms with E-state index in [1.807, 2.05) is 25.1 Å². The summed E-state index contributed by atoms with van der Waals surface area (Å²) in [6.07, 6.45) is 0. The summed E-state index contributed by atoms with van der Waals surface area (Å²) in [4.78, 5) is 12.6. The molecular weight excluding hydrogens is 451 g/mol. The number of rotatable bonds is 6. The van der Waals surface area contributed by atoms with Crippen LogP contribution in [0.25, 0.3) is 0 Å². The van der Waals surface area contributed by atoms with Gasteiger partial charge in [0.1, 0.15) is 0 Å². The molecule has 0 spiro atoms. The topological polar surface area (TPSA) is 26.3 Å². The first-order valence-corrected chi connectivity index (χ1v) is 12.6. The Kier molecular flexibility index (Phi) is 7.68. The van der Waals surface area contributed by atoms with Crippen LogP contribution in [0.3, 0.4) is 0 Å². The first-order valence-electron chi connectivity index (χ1n) is 8.48. The molecule has 4 heteroatoms. The smallest absolute Gasteiger partial charge is 1.00 e. The van der Waals surface area contributed by atoms with Crippen molar-refractivity contribution in [1.29, 1.82) is 0 Å². The van der Waals surface area contributed by atoms with Crippen molar-refractivity contribution in [2.45, 2.75) is 12.1 Å². The van der Waals surface area contributed by atoms with Gasteiger partial charge in [0.25, 0.3) is 0 Å². The van der Waals surface area contributed by atoms with E-state index < -0.39 is 13.6 Å². The third kappa shape index (κ3) is 4.28. The third-order valence-electron chi connectivity index (χ3n) is 4.26. The molecular formula is C22H22AsBrO2. The summed E-state index contributed by atoms with van der Waals surface area (Å²) < 4.78 is 9.13. The van der Waals surface area contributed by atoms with Gasteiger partial charge in [0.2, 0.25) is 0 Å². The summed E-state index contributed by atoms with van der Waals surface area (Å²) in [6, 6.07) is 31.4. The van der Waals surface area contributed by atoms with Gasteiger partial charge in [-0.3, -0.25) is 0 Å². The molecule has 0 amide bonds. The fourth-order valence-electron chi connectivity index (χ4n) is 3.17. The van der Waals surface area contributed by atoms with Crippen LogP contribution in [0.2, 0.25) is 5.21 Å². The number of hydrogen-bond acceptors (Lipinski definition) is 2. The minimum absolute atomic E-state index is 0. The van der Waals surface area contributed by atoms with E-state index in [0.717, 1.165) is 0 Å². The molecule has 0 saturated carbocycles. The fourth-order valence-corrected chi connectivity index (χ4v) is 11.5. The number of hydrogen-bond donors (Lipinski definition) is 0. The van der Waals surface area contributed by atoms with Crippen LogP contribution in [0.4, 0.5) is 0 Å². The molecule has 0 atom stereocenters. The number of benzene rings is 3. The zero-order chi connectivity index (χ0) is 17.5. The molecule has 3 aromatic rings. The Morgan fingerprint density at radius 2 is 1.08 bits per heavy atom. The van der Waals surface area contributed by atoms with Crippen molar-refractivity contribution >= 4 is 32.6 Å². The summed E-state index contributed by atoms with van der Waals surface area (Å²) in [6.45, 7) is 2.27. The zero-order valence-corrected chi connectivity index (χ0v) is 18.2. The largest absolute Gasteiger partial charge is 1.00 e. The van der Waals surface area contributed by atoms with Crippen LogP contribution in [0.1, 0.15) is 6.92 Å². The van der Waals surface area contributed by atoms with E-state index in [1.54, 1.807) is 0 Å². The normalized spacial score (nSPS) is 10.7. The quantitative estimate of drug-likeness (QED) is 0.364. The van der Waals surface area contributed by atoms with E-state index >= 15 is 0 Å².